The van der Waals surface area contributed by atoms with Crippen molar-refractivity contribution in [1.29, 1.82) is 0 Å². The van der Waals surface area contributed by atoms with Crippen LogP contribution in [-0.4, -0.2) is 19.6 Å². The van der Waals surface area contributed by atoms with Gasteiger partial charge in [-0.05, 0) is 43.3 Å². The van der Waals surface area contributed by atoms with Crippen molar-refractivity contribution in [3.05, 3.63) is 58.9 Å². The summed E-state index contributed by atoms with van der Waals surface area (Å²) < 4.78 is 8.06. The molecule has 0 saturated carbocycles. The predicted octanol–water partition coefficient (Wildman–Crippen LogP) is 4.20. The predicted molar refractivity (Wildman–Crippen MR) is 90.6 cm³/mol. The van der Waals surface area contributed by atoms with Crippen molar-refractivity contribution >= 4 is 33.2 Å². The van der Waals surface area contributed by atoms with Crippen molar-refractivity contribution in [2.24, 2.45) is 0 Å². The number of nitrogens with zero attached hydrogens (tertiary/aromatic N) is 4. The van der Waals surface area contributed by atoms with Gasteiger partial charge >= 0.3 is 0 Å². The Morgan fingerprint density at radius 2 is 1.96 bits per heavy atom. The van der Waals surface area contributed by atoms with Gasteiger partial charge in [-0.1, -0.05) is 15.9 Å². The van der Waals surface area contributed by atoms with Crippen LogP contribution in [0.4, 0.5) is 11.5 Å². The second-order valence-corrected chi connectivity index (χ2v) is 5.95. The summed E-state index contributed by atoms with van der Waals surface area (Å²) in [6, 6.07) is 13.5. The van der Waals surface area contributed by atoms with Crippen LogP contribution in [0, 0.1) is 6.92 Å². The Balaban J connectivity index is 1.80. The van der Waals surface area contributed by atoms with E-state index in [0.717, 1.165) is 21.7 Å². The molecule has 3 aromatic heterocycles. The quantitative estimate of drug-likeness (QED) is 0.586. The van der Waals surface area contributed by atoms with Gasteiger partial charge in [0.15, 0.2) is 5.76 Å². The first kappa shape index (κ1) is 14.0. The molecule has 0 bridgehead atoms. The van der Waals surface area contributed by atoms with Crippen LogP contribution < -0.4 is 5.32 Å². The van der Waals surface area contributed by atoms with E-state index in [4.69, 9.17) is 4.42 Å². The Labute approximate surface area is 140 Å². The molecule has 0 aliphatic heterocycles. The third kappa shape index (κ3) is 2.70. The molecular weight excluding hydrogens is 358 g/mol. The molecule has 4 aromatic rings. The fourth-order valence-corrected chi connectivity index (χ4v) is 2.53. The lowest BCUT2D eigenvalue weighted by Crippen LogP contribution is -2.02. The molecule has 4 rings (SSSR count). The molecule has 0 spiro atoms. The third-order valence-electron chi connectivity index (χ3n) is 3.30. The monoisotopic (exact) mass is 369 g/mol. The summed E-state index contributed by atoms with van der Waals surface area (Å²) >= 11 is 3.43. The van der Waals surface area contributed by atoms with Crippen LogP contribution in [0.1, 0.15) is 5.69 Å². The van der Waals surface area contributed by atoms with Crippen molar-refractivity contribution in [3.63, 3.8) is 0 Å². The Kier molecular flexibility index (Phi) is 3.34. The molecule has 0 amide bonds. The number of nitrogens with one attached hydrogen (secondary N) is 1. The summed E-state index contributed by atoms with van der Waals surface area (Å²) in [5, 5.41) is 7.83. The van der Waals surface area contributed by atoms with Crippen LogP contribution >= 0.6 is 15.9 Å². The zero-order valence-corrected chi connectivity index (χ0v) is 13.8. The maximum atomic E-state index is 5.36. The number of rotatable bonds is 3. The van der Waals surface area contributed by atoms with Crippen LogP contribution in [0.25, 0.3) is 17.4 Å². The molecule has 3 heterocycles. The van der Waals surface area contributed by atoms with Gasteiger partial charge in [0.05, 0.1) is 6.26 Å². The minimum Gasteiger partial charge on any atom is -0.461 e. The number of fused-ring (bicyclic) bond motifs is 1. The Morgan fingerprint density at radius 1 is 1.13 bits per heavy atom. The fourth-order valence-electron chi connectivity index (χ4n) is 2.27. The van der Waals surface area contributed by atoms with Gasteiger partial charge in [-0.2, -0.15) is 9.50 Å². The van der Waals surface area contributed by atoms with Gasteiger partial charge in [0.25, 0.3) is 5.78 Å². The fraction of sp³-hybridized carbons (Fsp3) is 0.0625. The van der Waals surface area contributed by atoms with Crippen LogP contribution in [0.2, 0.25) is 0 Å². The highest BCUT2D eigenvalue weighted by Gasteiger charge is 2.13. The van der Waals surface area contributed by atoms with Crippen molar-refractivity contribution in [2.45, 2.75) is 6.92 Å². The molecule has 0 radical (unpaired) electrons. The lowest BCUT2D eigenvalue weighted by atomic mass is 10.3. The highest BCUT2D eigenvalue weighted by molar-refractivity contribution is 9.10. The van der Waals surface area contributed by atoms with Gasteiger partial charge in [0.2, 0.25) is 5.82 Å². The van der Waals surface area contributed by atoms with E-state index in [0.29, 0.717) is 17.4 Å². The largest absolute Gasteiger partial charge is 0.461 e. The summed E-state index contributed by atoms with van der Waals surface area (Å²) in [7, 11) is 0. The van der Waals surface area contributed by atoms with Crippen LogP contribution in [0.15, 0.2) is 57.6 Å². The van der Waals surface area contributed by atoms with Gasteiger partial charge in [0.1, 0.15) is 5.82 Å². The molecule has 23 heavy (non-hydrogen) atoms. The number of aryl methyl sites for hydroxylation is 1. The third-order valence-corrected chi connectivity index (χ3v) is 3.83. The molecule has 6 nitrogen and oxygen atoms in total. The summed E-state index contributed by atoms with van der Waals surface area (Å²) in [6.45, 7) is 1.92. The minimum absolute atomic E-state index is 0.506. The van der Waals surface area contributed by atoms with E-state index < -0.39 is 0 Å². The van der Waals surface area contributed by atoms with E-state index in [9.17, 15) is 0 Å². The topological polar surface area (TPSA) is 68.2 Å². The normalized spacial score (nSPS) is 11.0. The number of furan rings is 1. The van der Waals surface area contributed by atoms with Crippen LogP contribution in [0.5, 0.6) is 0 Å². The van der Waals surface area contributed by atoms with Crippen molar-refractivity contribution in [1.82, 2.24) is 19.6 Å². The zero-order valence-electron chi connectivity index (χ0n) is 12.2. The number of benzene rings is 1. The van der Waals surface area contributed by atoms with Crippen LogP contribution in [-0.2, 0) is 0 Å². The summed E-state index contributed by atoms with van der Waals surface area (Å²) in [5.41, 5.74) is 1.81. The van der Waals surface area contributed by atoms with Crippen LogP contribution in [0.3, 0.4) is 0 Å². The number of hydrogen-bond acceptors (Lipinski definition) is 5. The maximum absolute atomic E-state index is 5.36. The smallest absolute Gasteiger partial charge is 0.255 e. The average molecular weight is 370 g/mol. The highest BCUT2D eigenvalue weighted by atomic mass is 79.9. The Bertz CT molecular complexity index is 960. The van der Waals surface area contributed by atoms with E-state index in [2.05, 4.69) is 36.3 Å². The standard InChI is InChI=1S/C16H12BrN5O/c1-10-9-14(19-12-6-4-11(17)5-7-12)22-16(18-10)20-15(21-22)13-3-2-8-23-13/h2-9,19H,1H3. The lowest BCUT2D eigenvalue weighted by Gasteiger charge is -2.08. The van der Waals surface area contributed by atoms with E-state index in [1.165, 1.54) is 0 Å². The number of anilines is 2. The Morgan fingerprint density at radius 3 is 2.70 bits per heavy atom. The Hall–Kier alpha value is -2.67. The number of hydrogen-bond donors (Lipinski definition) is 1. The van der Waals surface area contributed by atoms with E-state index in [1.54, 1.807) is 16.8 Å². The van der Waals surface area contributed by atoms with Gasteiger partial charge in [-0.3, -0.25) is 0 Å². The molecule has 0 fully saturated rings. The molecule has 7 heteroatoms. The molecule has 0 atom stereocenters. The lowest BCUT2D eigenvalue weighted by molar-refractivity contribution is 0.577. The summed E-state index contributed by atoms with van der Waals surface area (Å²) in [6.07, 6.45) is 1.60. The second-order valence-electron chi connectivity index (χ2n) is 5.04. The van der Waals surface area contributed by atoms with Gasteiger partial charge < -0.3 is 9.73 Å². The first-order valence-electron chi connectivity index (χ1n) is 7.00. The number of aromatic nitrogens is 4. The number of halogens is 1. The van der Waals surface area contributed by atoms with E-state index >= 15 is 0 Å². The van der Waals surface area contributed by atoms with Crippen molar-refractivity contribution in [2.75, 3.05) is 5.32 Å². The minimum atomic E-state index is 0.506. The SMILES string of the molecule is Cc1cc(Nc2ccc(Br)cc2)n2nc(-c3ccco3)nc2n1. The molecule has 0 saturated heterocycles. The van der Waals surface area contributed by atoms with Crippen molar-refractivity contribution < 1.29 is 4.42 Å². The molecule has 0 aliphatic rings. The highest BCUT2D eigenvalue weighted by Crippen LogP contribution is 2.22. The first-order valence-corrected chi connectivity index (χ1v) is 7.79. The van der Waals surface area contributed by atoms with E-state index in [-0.39, 0.29) is 0 Å². The average Bonchev–Trinajstić information content (AvgIpc) is 3.18. The molecule has 1 N–H and O–H groups in total. The zero-order chi connectivity index (χ0) is 15.8. The second kappa shape index (κ2) is 5.51. The maximum Gasteiger partial charge on any atom is 0.255 e. The first-order chi connectivity index (χ1) is 11.2. The van der Waals surface area contributed by atoms with Gasteiger partial charge in [-0.25, -0.2) is 4.98 Å². The van der Waals surface area contributed by atoms with Crippen molar-refractivity contribution in [3.8, 4) is 11.6 Å². The molecule has 0 unspecified atom stereocenters. The molecule has 1 aromatic carbocycles. The van der Waals surface area contributed by atoms with E-state index in [1.807, 2.05) is 43.3 Å². The molecule has 0 aliphatic carbocycles. The van der Waals surface area contributed by atoms with Gasteiger partial charge in [0, 0.05) is 21.9 Å². The van der Waals surface area contributed by atoms with Gasteiger partial charge in [-0.15, -0.1) is 5.10 Å². The molecule has 114 valence electrons. The summed E-state index contributed by atoms with van der Waals surface area (Å²) in [4.78, 5) is 8.85. The summed E-state index contributed by atoms with van der Waals surface area (Å²) in [5.74, 6) is 2.44. The molecular formula is C16H12BrN5O.